The van der Waals surface area contributed by atoms with Crippen molar-refractivity contribution < 1.29 is 47.0 Å². The Bertz CT molecular complexity index is 1520. The summed E-state index contributed by atoms with van der Waals surface area (Å²) >= 11 is 0. The molecule has 0 unspecified atom stereocenters. The second kappa shape index (κ2) is 13.0. The summed E-state index contributed by atoms with van der Waals surface area (Å²) in [7, 11) is 0. The molecule has 0 bridgehead atoms. The molecule has 5 nitrogen and oxygen atoms in total. The van der Waals surface area contributed by atoms with Gasteiger partial charge in [0.25, 0.3) is 0 Å². The fraction of sp³-hybridized carbons (Fsp3) is 0.382. The Morgan fingerprint density at radius 3 is 2.52 bits per heavy atom. The van der Waals surface area contributed by atoms with Crippen LogP contribution in [-0.2, 0) is 39.1 Å². The predicted octanol–water partition coefficient (Wildman–Crippen LogP) is 6.99. The van der Waals surface area contributed by atoms with Crippen molar-refractivity contribution in [2.24, 2.45) is 0 Å². The van der Waals surface area contributed by atoms with Crippen molar-refractivity contribution in [2.45, 2.75) is 57.8 Å². The van der Waals surface area contributed by atoms with E-state index in [0.717, 1.165) is 58.3 Å². The van der Waals surface area contributed by atoms with E-state index in [0.29, 0.717) is 30.1 Å². The predicted molar refractivity (Wildman–Crippen MR) is 155 cm³/mol. The van der Waals surface area contributed by atoms with Gasteiger partial charge in [0.1, 0.15) is 23.7 Å². The Balaban J connectivity index is 0.00000323. The summed E-state index contributed by atoms with van der Waals surface area (Å²) in [5.74, 6) is 1.42. The molecule has 1 aliphatic heterocycles. The third-order valence-electron chi connectivity index (χ3n) is 8.48. The minimum absolute atomic E-state index is 0. The number of phenolic OH excluding ortho intramolecular Hbond substituents is 1. The second-order valence-corrected chi connectivity index (χ2v) is 11.1. The van der Waals surface area contributed by atoms with Gasteiger partial charge in [-0.1, -0.05) is 31.9 Å². The number of aromatic hydroxyl groups is 1. The zero-order valence-corrected chi connectivity index (χ0v) is 26.1. The Hall–Kier alpha value is -2.47. The molecule has 205 valence electrons. The molecule has 6 heteroatoms. The summed E-state index contributed by atoms with van der Waals surface area (Å²) in [6.45, 7) is 5.98. The van der Waals surface area contributed by atoms with Gasteiger partial charge in [0.15, 0.2) is 0 Å². The van der Waals surface area contributed by atoms with Gasteiger partial charge in [0.2, 0.25) is 0 Å². The number of benzene rings is 3. The van der Waals surface area contributed by atoms with Crippen LogP contribution in [0.15, 0.2) is 63.8 Å². The molecule has 1 aliphatic carbocycles. The average Bonchev–Trinajstić information content (AvgIpc) is 3.65. The number of phenols is 1. The van der Waals surface area contributed by atoms with Crippen molar-refractivity contribution in [3.63, 3.8) is 0 Å². The van der Waals surface area contributed by atoms with E-state index in [1.54, 1.807) is 6.07 Å². The van der Waals surface area contributed by atoms with Crippen LogP contribution in [0.2, 0.25) is 0 Å². The molecule has 0 atom stereocenters. The molecule has 40 heavy (non-hydrogen) atoms. The number of nitrogens with zero attached hydrogens (tertiary/aromatic N) is 1. The van der Waals surface area contributed by atoms with Gasteiger partial charge in [-0.3, -0.25) is 4.90 Å². The molecule has 2 heterocycles. The minimum Gasteiger partial charge on any atom is -0.508 e. The average molecular weight is 612 g/mol. The fourth-order valence-electron chi connectivity index (χ4n) is 6.34. The van der Waals surface area contributed by atoms with E-state index >= 15 is 0 Å². The normalized spacial score (nSPS) is 15.9. The zero-order valence-electron chi connectivity index (χ0n) is 23.2. The first-order valence-corrected chi connectivity index (χ1v) is 14.3. The smallest absolute Gasteiger partial charge is 0.342 e. The Morgan fingerprint density at radius 2 is 1.80 bits per heavy atom. The van der Waals surface area contributed by atoms with Crippen LogP contribution in [0.4, 0.5) is 0 Å². The second-order valence-electron chi connectivity index (χ2n) is 11.1. The van der Waals surface area contributed by atoms with Crippen molar-refractivity contribution in [3.05, 3.63) is 93.3 Å². The zero-order chi connectivity index (χ0) is 26.8. The van der Waals surface area contributed by atoms with Crippen LogP contribution in [0.3, 0.4) is 0 Å². The van der Waals surface area contributed by atoms with Crippen LogP contribution >= 0.6 is 0 Å². The van der Waals surface area contributed by atoms with Gasteiger partial charge >= 0.3 is 5.63 Å². The SMILES string of the molecule is Cc1c[c-]ccc1-c1c(Cc2ccc(OCCN3CCCC3)cc2)c2cc(C3CCCC3)c(O)cc2oc1=O.[Y]. The molecule has 3 aromatic carbocycles. The third kappa shape index (κ3) is 6.22. The topological polar surface area (TPSA) is 62.9 Å². The summed E-state index contributed by atoms with van der Waals surface area (Å²) in [6.07, 6.45) is 7.64. The number of aryl methyl sites for hydroxylation is 1. The van der Waals surface area contributed by atoms with Crippen molar-refractivity contribution in [1.29, 1.82) is 0 Å². The Kier molecular flexibility index (Phi) is 9.45. The third-order valence-corrected chi connectivity index (χ3v) is 8.48. The summed E-state index contributed by atoms with van der Waals surface area (Å²) in [5.41, 5.74) is 5.44. The van der Waals surface area contributed by atoms with Gasteiger partial charge in [-0.25, -0.2) is 4.79 Å². The molecule has 2 fully saturated rings. The van der Waals surface area contributed by atoms with Crippen LogP contribution < -0.4 is 10.4 Å². The maximum absolute atomic E-state index is 13.4. The van der Waals surface area contributed by atoms with Gasteiger partial charge in [0, 0.05) is 56.3 Å². The van der Waals surface area contributed by atoms with Crippen LogP contribution in [0, 0.1) is 13.0 Å². The molecule has 2 aliphatic rings. The van der Waals surface area contributed by atoms with E-state index < -0.39 is 0 Å². The van der Waals surface area contributed by atoms with E-state index in [1.165, 1.54) is 38.8 Å². The van der Waals surface area contributed by atoms with Crippen molar-refractivity contribution in [1.82, 2.24) is 4.90 Å². The van der Waals surface area contributed by atoms with Crippen molar-refractivity contribution >= 4 is 11.0 Å². The van der Waals surface area contributed by atoms with E-state index in [9.17, 15) is 9.90 Å². The first-order valence-electron chi connectivity index (χ1n) is 14.3. The largest absolute Gasteiger partial charge is 0.508 e. The molecule has 0 amide bonds. The molecule has 1 saturated heterocycles. The molecule has 4 aromatic rings. The number of hydrogen-bond acceptors (Lipinski definition) is 5. The standard InChI is InChI=1S/C34H36NO4.Y/c1-23-8-2-5-11-27(23)33-30(20-24-12-14-26(15-13-24)38-19-18-35-16-6-7-17-35)29-21-28(25-9-3-4-10-25)31(36)22-32(29)39-34(33)37;/h5,8,11-15,21-22,25,36H,3-4,6-7,9-10,16-20H2,1H3;/q-1;. The van der Waals surface area contributed by atoms with Gasteiger partial charge < -0.3 is 14.3 Å². The van der Waals surface area contributed by atoms with E-state index in [-0.39, 0.29) is 44.1 Å². The Labute approximate surface area is 261 Å². The summed E-state index contributed by atoms with van der Waals surface area (Å²) in [4.78, 5) is 15.9. The minimum atomic E-state index is -0.387. The first-order chi connectivity index (χ1) is 19.1. The number of ether oxygens (including phenoxy) is 1. The molecule has 6 rings (SSSR count). The summed E-state index contributed by atoms with van der Waals surface area (Å²) in [5, 5.41) is 11.7. The van der Waals surface area contributed by atoms with Crippen molar-refractivity contribution in [3.8, 4) is 22.6 Å². The number of fused-ring (bicyclic) bond motifs is 1. The Morgan fingerprint density at radius 1 is 1.05 bits per heavy atom. The van der Waals surface area contributed by atoms with Gasteiger partial charge in [0.05, 0.1) is 0 Å². The first kappa shape index (κ1) is 29.0. The number of likely N-dealkylation sites (tertiary alicyclic amines) is 1. The maximum atomic E-state index is 13.4. The van der Waals surface area contributed by atoms with E-state index in [1.807, 2.05) is 37.3 Å². The molecule has 1 radical (unpaired) electrons. The number of rotatable bonds is 8. The van der Waals surface area contributed by atoms with Crippen LogP contribution in [0.25, 0.3) is 22.1 Å². The monoisotopic (exact) mass is 611 g/mol. The molecule has 0 spiro atoms. The van der Waals surface area contributed by atoms with Crippen LogP contribution in [-0.4, -0.2) is 36.2 Å². The van der Waals surface area contributed by atoms with Crippen LogP contribution in [0.1, 0.15) is 66.7 Å². The van der Waals surface area contributed by atoms with Gasteiger partial charge in [-0.15, -0.1) is 5.56 Å². The fourth-order valence-corrected chi connectivity index (χ4v) is 6.34. The molecule has 1 saturated carbocycles. The maximum Gasteiger partial charge on any atom is 0.342 e. The quantitative estimate of drug-likeness (QED) is 0.172. The molecule has 1 aromatic heterocycles. The molecule has 1 N–H and O–H groups in total. The number of hydrogen-bond donors (Lipinski definition) is 1. The van der Waals surface area contributed by atoms with Crippen molar-refractivity contribution in [2.75, 3.05) is 26.2 Å². The molecular formula is C34H36NO4Y-. The van der Waals surface area contributed by atoms with Gasteiger partial charge in [-0.05, 0) is 86.0 Å². The summed E-state index contributed by atoms with van der Waals surface area (Å²) in [6, 6.07) is 20.7. The summed E-state index contributed by atoms with van der Waals surface area (Å²) < 4.78 is 11.9. The van der Waals surface area contributed by atoms with E-state index in [4.69, 9.17) is 9.15 Å². The van der Waals surface area contributed by atoms with Gasteiger partial charge in [-0.2, -0.15) is 29.8 Å². The van der Waals surface area contributed by atoms with E-state index in [2.05, 4.69) is 29.2 Å². The molecular weight excluding hydrogens is 575 g/mol. The van der Waals surface area contributed by atoms with Crippen LogP contribution in [0.5, 0.6) is 11.5 Å².